The van der Waals surface area contributed by atoms with E-state index in [4.69, 9.17) is 19.1 Å². The number of hydrogen-bond donors (Lipinski definition) is 0. The van der Waals surface area contributed by atoms with Crippen molar-refractivity contribution < 1.29 is 8.22 Å². The molecule has 0 spiro atoms. The van der Waals surface area contributed by atoms with Crippen molar-refractivity contribution in [2.45, 2.75) is 0 Å². The first-order valence-corrected chi connectivity index (χ1v) is 19.8. The second kappa shape index (κ2) is 13.1. The molecule has 0 N–H and O–H groups in total. The summed E-state index contributed by atoms with van der Waals surface area (Å²) in [6, 6.07) is 51.5. The molecule has 12 rings (SSSR count). The van der Waals surface area contributed by atoms with E-state index < -0.39 is 0 Å². The topological polar surface area (TPSA) is 43.6 Å². The second-order valence-electron chi connectivity index (χ2n) is 14.4. The normalized spacial score (nSPS) is 13.2. The molecule has 12 aromatic rings. The molecule has 0 saturated heterocycles. The Morgan fingerprint density at radius 1 is 0.414 bits per heavy atom. The fourth-order valence-corrected chi connectivity index (χ4v) is 9.33. The fraction of sp³-hybridized carbons (Fsp3) is 0. The summed E-state index contributed by atoms with van der Waals surface area (Å²) < 4.78 is 57.5. The van der Waals surface area contributed by atoms with E-state index in [0.29, 0.717) is 48.9 Å². The lowest BCUT2D eigenvalue weighted by atomic mass is 9.98. The van der Waals surface area contributed by atoms with Crippen molar-refractivity contribution in [3.05, 3.63) is 194 Å². The number of benzene rings is 9. The van der Waals surface area contributed by atoms with Gasteiger partial charge < -0.3 is 4.57 Å². The van der Waals surface area contributed by atoms with Crippen LogP contribution in [-0.4, -0.2) is 19.5 Å². The third-order valence-electron chi connectivity index (χ3n) is 11.0. The van der Waals surface area contributed by atoms with Crippen LogP contribution in [0.15, 0.2) is 194 Å². The summed E-state index contributed by atoms with van der Waals surface area (Å²) in [5, 5.41) is 6.97. The first-order chi connectivity index (χ1) is 31.2. The van der Waals surface area contributed by atoms with Crippen molar-refractivity contribution in [1.82, 2.24) is 19.5 Å². The van der Waals surface area contributed by atoms with Crippen LogP contribution in [0, 0.1) is 0 Å². The summed E-state index contributed by atoms with van der Waals surface area (Å²) in [4.78, 5) is 15.4. The molecule has 3 aromatic heterocycles. The predicted molar refractivity (Wildman–Crippen MR) is 244 cm³/mol. The highest BCUT2D eigenvalue weighted by molar-refractivity contribution is 7.26. The van der Waals surface area contributed by atoms with Crippen molar-refractivity contribution in [3.63, 3.8) is 0 Å². The molecule has 4 nitrogen and oxygen atoms in total. The molecule has 5 heteroatoms. The van der Waals surface area contributed by atoms with E-state index in [1.54, 1.807) is 0 Å². The van der Waals surface area contributed by atoms with Crippen molar-refractivity contribution in [1.29, 1.82) is 0 Å². The molecule has 0 unspecified atom stereocenters. The summed E-state index contributed by atoms with van der Waals surface area (Å²) in [6.07, 6.45) is 0. The molecule has 0 fully saturated rings. The minimum Gasteiger partial charge on any atom is -0.309 e. The molecule has 3 heterocycles. The smallest absolute Gasteiger partial charge is 0.164 e. The Kier molecular flexibility index (Phi) is 6.12. The van der Waals surface area contributed by atoms with E-state index in [1.807, 2.05) is 78.9 Å². The Hall–Kier alpha value is -7.47. The largest absolute Gasteiger partial charge is 0.309 e. The lowest BCUT2D eigenvalue weighted by Gasteiger charge is -2.17. The van der Waals surface area contributed by atoms with Crippen LogP contribution in [0.3, 0.4) is 0 Å². The third kappa shape index (κ3) is 5.25. The molecule has 0 radical (unpaired) electrons. The molecule has 0 atom stereocenters. The van der Waals surface area contributed by atoms with Gasteiger partial charge in [-0.3, -0.25) is 0 Å². The first-order valence-electron chi connectivity index (χ1n) is 22.0. The minimum absolute atomic E-state index is 0.0598. The number of rotatable bonds is 5. The van der Waals surface area contributed by atoms with Crippen LogP contribution in [-0.2, 0) is 0 Å². The number of fused-ring (bicyclic) bond motifs is 8. The average molecular weight is 763 g/mol. The predicted octanol–water partition coefficient (Wildman–Crippen LogP) is 14.3. The molecule has 0 saturated carbocycles. The Morgan fingerprint density at radius 2 is 0.948 bits per heavy atom. The highest BCUT2D eigenvalue weighted by Gasteiger charge is 2.21. The van der Waals surface area contributed by atoms with Crippen LogP contribution in [0.1, 0.15) is 8.22 Å². The van der Waals surface area contributed by atoms with Gasteiger partial charge in [-0.05, 0) is 70.1 Å². The quantitative estimate of drug-likeness (QED) is 0.175. The van der Waals surface area contributed by atoms with Crippen LogP contribution in [0.25, 0.3) is 115 Å². The average Bonchev–Trinajstić information content (AvgIpc) is 3.90. The van der Waals surface area contributed by atoms with E-state index in [0.717, 1.165) is 60.2 Å². The van der Waals surface area contributed by atoms with E-state index in [-0.39, 0.29) is 41.6 Å². The van der Waals surface area contributed by atoms with Gasteiger partial charge >= 0.3 is 0 Å². The van der Waals surface area contributed by atoms with Crippen molar-refractivity contribution >= 4 is 74.9 Å². The molecule has 0 aliphatic rings. The minimum atomic E-state index is -0.306. The maximum Gasteiger partial charge on any atom is 0.164 e. The Balaban J connectivity index is 1.18. The van der Waals surface area contributed by atoms with Crippen LogP contribution >= 0.6 is 11.3 Å². The maximum atomic E-state index is 9.64. The highest BCUT2D eigenvalue weighted by Crippen LogP contribution is 2.44. The molecule has 9 aromatic carbocycles. The van der Waals surface area contributed by atoms with Gasteiger partial charge in [-0.2, -0.15) is 0 Å². The van der Waals surface area contributed by atoms with Gasteiger partial charge in [0.05, 0.1) is 24.9 Å². The van der Waals surface area contributed by atoms with Crippen molar-refractivity contribution in [2.24, 2.45) is 0 Å². The molecule has 0 bridgehead atoms. The lowest BCUT2D eigenvalue weighted by Crippen LogP contribution is -2.02. The van der Waals surface area contributed by atoms with Gasteiger partial charge in [0.1, 0.15) is 0 Å². The van der Waals surface area contributed by atoms with Gasteiger partial charge in [0.15, 0.2) is 17.5 Å². The number of thiophene rings is 1. The number of aromatic nitrogens is 4. The SMILES string of the molecule is [2H]c1cc([2H])c2sc3c(-c4cc(-c5nc(-c6ccc7ccccc7c6)nc(-c6ccc7ccccc7c6)n5)ccc4-n4c5ccccc5c5ccccc54)c([2H])c([2H])c([2H])c3c2c1[2H]. The van der Waals surface area contributed by atoms with Crippen LogP contribution in [0.4, 0.5) is 0 Å². The van der Waals surface area contributed by atoms with Crippen LogP contribution < -0.4 is 0 Å². The molecular formula is C53H32N4S. The van der Waals surface area contributed by atoms with Gasteiger partial charge in [-0.15, -0.1) is 11.3 Å². The zero-order valence-electron chi connectivity index (χ0n) is 36.7. The molecule has 0 aliphatic carbocycles. The summed E-state index contributed by atoms with van der Waals surface area (Å²) >= 11 is 1.22. The Labute approximate surface area is 346 Å². The Morgan fingerprint density at radius 3 is 1.59 bits per heavy atom. The summed E-state index contributed by atoms with van der Waals surface area (Å²) in [6.45, 7) is 0. The van der Waals surface area contributed by atoms with Crippen molar-refractivity contribution in [3.8, 4) is 51.0 Å². The number of nitrogens with zero attached hydrogens (tertiary/aromatic N) is 4. The molecular weight excluding hydrogens is 725 g/mol. The molecule has 58 heavy (non-hydrogen) atoms. The maximum absolute atomic E-state index is 9.64. The zero-order valence-corrected chi connectivity index (χ0v) is 31.5. The summed E-state index contributed by atoms with van der Waals surface area (Å²) in [5.41, 5.74) is 5.87. The van der Waals surface area contributed by atoms with E-state index >= 15 is 0 Å². The third-order valence-corrected chi connectivity index (χ3v) is 12.1. The van der Waals surface area contributed by atoms with Crippen LogP contribution in [0.5, 0.6) is 0 Å². The van der Waals surface area contributed by atoms with Gasteiger partial charge in [0.2, 0.25) is 0 Å². The Bertz CT molecular complexity index is 3800. The lowest BCUT2D eigenvalue weighted by molar-refractivity contribution is 1.07. The van der Waals surface area contributed by atoms with E-state index in [2.05, 4.69) is 77.4 Å². The van der Waals surface area contributed by atoms with E-state index in [1.165, 1.54) is 17.4 Å². The molecule has 0 aliphatic heterocycles. The van der Waals surface area contributed by atoms with Gasteiger partial charge in [0.25, 0.3) is 0 Å². The highest BCUT2D eigenvalue weighted by atomic mass is 32.1. The molecule has 270 valence electrons. The van der Waals surface area contributed by atoms with Crippen LogP contribution in [0.2, 0.25) is 0 Å². The standard InChI is InChI=1S/C53H32N4S/c1-3-14-35-30-37(26-24-33(35)12-1)51-54-52(38-27-25-34-13-2-4-15-36(34)31-38)56-53(55-51)39-28-29-48(57-46-21-8-5-16-40(46)41-17-6-9-22-47(41)57)45(32-39)44-20-11-19-43-42-18-7-10-23-49(42)58-50(43)44/h1-32H/i7D,11D,18D,19D,20D,23D. The first kappa shape index (κ1) is 27.2. The number of para-hydroxylation sites is 2. The number of hydrogen-bond acceptors (Lipinski definition) is 4. The van der Waals surface area contributed by atoms with Crippen molar-refractivity contribution in [2.75, 3.05) is 0 Å². The second-order valence-corrected chi connectivity index (χ2v) is 15.4. The fourth-order valence-electron chi connectivity index (χ4n) is 8.23. The van der Waals surface area contributed by atoms with E-state index in [9.17, 15) is 4.11 Å². The summed E-state index contributed by atoms with van der Waals surface area (Å²) in [7, 11) is 0. The molecule has 0 amide bonds. The van der Waals surface area contributed by atoms with Gasteiger partial charge in [0, 0.05) is 58.8 Å². The monoisotopic (exact) mass is 762 g/mol. The zero-order chi connectivity index (χ0) is 43.4. The van der Waals surface area contributed by atoms with Gasteiger partial charge in [-0.25, -0.2) is 15.0 Å². The van der Waals surface area contributed by atoms with Gasteiger partial charge in [-0.1, -0.05) is 145 Å². The summed E-state index contributed by atoms with van der Waals surface area (Å²) in [5.74, 6) is 1.38.